The van der Waals surface area contributed by atoms with Crippen LogP contribution in [0.5, 0.6) is 0 Å². The van der Waals surface area contributed by atoms with Crippen molar-refractivity contribution in [3.05, 3.63) is 29.8 Å². The number of carbonyl (C=O) groups is 3. The second kappa shape index (κ2) is 8.34. The lowest BCUT2D eigenvalue weighted by molar-refractivity contribution is -0.132. The van der Waals surface area contributed by atoms with Crippen molar-refractivity contribution in [3.63, 3.8) is 0 Å². The number of aryl methyl sites for hydroxylation is 1. The van der Waals surface area contributed by atoms with E-state index in [9.17, 15) is 14.4 Å². The Hall–Kier alpha value is -2.37. The van der Waals surface area contributed by atoms with Gasteiger partial charge in [-0.05, 0) is 51.7 Å². The third-order valence-corrected chi connectivity index (χ3v) is 4.65. The molecule has 6 nitrogen and oxygen atoms in total. The molecular formula is C20H29N3O3. The lowest BCUT2D eigenvalue weighted by Gasteiger charge is -2.20. The Labute approximate surface area is 155 Å². The number of nitrogens with zero attached hydrogens (tertiary/aromatic N) is 2. The number of anilines is 1. The number of rotatable bonds is 7. The van der Waals surface area contributed by atoms with Gasteiger partial charge in [0.05, 0.1) is 0 Å². The first-order chi connectivity index (χ1) is 12.2. The maximum atomic E-state index is 12.7. The van der Waals surface area contributed by atoms with E-state index in [2.05, 4.69) is 19.2 Å². The highest BCUT2D eigenvalue weighted by Gasteiger charge is 2.44. The van der Waals surface area contributed by atoms with Crippen molar-refractivity contribution in [1.29, 1.82) is 0 Å². The molecule has 1 aliphatic rings. The van der Waals surface area contributed by atoms with Gasteiger partial charge in [0, 0.05) is 11.7 Å². The number of urea groups is 1. The monoisotopic (exact) mass is 359 g/mol. The third-order valence-electron chi connectivity index (χ3n) is 4.65. The van der Waals surface area contributed by atoms with Gasteiger partial charge in [-0.15, -0.1) is 0 Å². The molecule has 1 saturated heterocycles. The Morgan fingerprint density at radius 3 is 2.31 bits per heavy atom. The average molecular weight is 359 g/mol. The van der Waals surface area contributed by atoms with Crippen LogP contribution in [0.15, 0.2) is 24.3 Å². The Kier molecular flexibility index (Phi) is 6.40. The fraction of sp³-hybridized carbons (Fsp3) is 0.550. The number of imide groups is 1. The first-order valence-corrected chi connectivity index (χ1v) is 9.21. The largest absolute Gasteiger partial charge is 0.352 e. The molecule has 2 rings (SSSR count). The van der Waals surface area contributed by atoms with E-state index in [4.69, 9.17) is 0 Å². The molecule has 0 saturated carbocycles. The van der Waals surface area contributed by atoms with Gasteiger partial charge in [-0.3, -0.25) is 19.4 Å². The summed E-state index contributed by atoms with van der Waals surface area (Å²) < 4.78 is 0. The molecule has 0 bridgehead atoms. The minimum absolute atomic E-state index is 0.0170. The van der Waals surface area contributed by atoms with Crippen molar-refractivity contribution in [2.75, 3.05) is 11.4 Å². The van der Waals surface area contributed by atoms with Crippen LogP contribution >= 0.6 is 0 Å². The zero-order valence-electron chi connectivity index (χ0n) is 16.3. The van der Waals surface area contributed by atoms with E-state index in [1.165, 1.54) is 4.90 Å². The van der Waals surface area contributed by atoms with Gasteiger partial charge >= 0.3 is 6.03 Å². The number of hydrogen-bond donors (Lipinski definition) is 1. The van der Waals surface area contributed by atoms with Crippen LogP contribution in [0.1, 0.15) is 46.1 Å². The summed E-state index contributed by atoms with van der Waals surface area (Å²) in [4.78, 5) is 39.9. The SMILES string of the molecule is Cc1ccc(N2C(=O)N(CC(=O)N[C@H](C)CCC(C)C)C(=O)[C@@H]2C)cc1. The zero-order chi connectivity index (χ0) is 19.4. The maximum Gasteiger partial charge on any atom is 0.332 e. The molecule has 2 atom stereocenters. The highest BCUT2D eigenvalue weighted by atomic mass is 16.2. The van der Waals surface area contributed by atoms with E-state index in [1.807, 2.05) is 38.1 Å². The summed E-state index contributed by atoms with van der Waals surface area (Å²) in [7, 11) is 0. The van der Waals surface area contributed by atoms with Crippen LogP contribution in [0.3, 0.4) is 0 Å². The minimum Gasteiger partial charge on any atom is -0.352 e. The van der Waals surface area contributed by atoms with Crippen molar-refractivity contribution in [2.24, 2.45) is 5.92 Å². The topological polar surface area (TPSA) is 69.7 Å². The molecule has 0 spiro atoms. The molecule has 26 heavy (non-hydrogen) atoms. The molecule has 0 radical (unpaired) electrons. The second-order valence-corrected chi connectivity index (χ2v) is 7.53. The van der Waals surface area contributed by atoms with Gasteiger partial charge < -0.3 is 5.32 Å². The predicted octanol–water partition coefficient (Wildman–Crippen LogP) is 3.09. The number of hydrogen-bond acceptors (Lipinski definition) is 3. The number of amides is 4. The third kappa shape index (κ3) is 4.62. The summed E-state index contributed by atoms with van der Waals surface area (Å²) >= 11 is 0. The van der Waals surface area contributed by atoms with E-state index in [1.54, 1.807) is 6.92 Å². The summed E-state index contributed by atoms with van der Waals surface area (Å²) in [5.74, 6) is -0.0820. The van der Waals surface area contributed by atoms with Crippen molar-refractivity contribution >= 4 is 23.5 Å². The highest BCUT2D eigenvalue weighted by molar-refractivity contribution is 6.15. The normalized spacial score (nSPS) is 18.6. The van der Waals surface area contributed by atoms with Crippen LogP contribution in [-0.4, -0.2) is 41.4 Å². The van der Waals surface area contributed by atoms with Crippen LogP contribution in [0.25, 0.3) is 0 Å². The standard InChI is InChI=1S/C20H29N3O3/c1-13(2)6-9-15(4)21-18(24)12-22-19(25)16(5)23(20(22)26)17-10-7-14(3)8-11-17/h7-8,10-11,13,15-16H,6,9,12H2,1-5H3,(H,21,24)/t15-,16+/m1/s1. The van der Waals surface area contributed by atoms with Crippen molar-refractivity contribution in [2.45, 2.75) is 59.5 Å². The van der Waals surface area contributed by atoms with Crippen LogP contribution in [0, 0.1) is 12.8 Å². The summed E-state index contributed by atoms with van der Waals surface area (Å²) in [6.07, 6.45) is 1.89. The van der Waals surface area contributed by atoms with Crippen molar-refractivity contribution in [3.8, 4) is 0 Å². The van der Waals surface area contributed by atoms with E-state index in [0.29, 0.717) is 11.6 Å². The Bertz CT molecular complexity index is 669. The molecule has 0 aromatic heterocycles. The minimum atomic E-state index is -0.614. The van der Waals surface area contributed by atoms with E-state index in [-0.39, 0.29) is 24.4 Å². The van der Waals surface area contributed by atoms with Gasteiger partial charge in [0.2, 0.25) is 5.91 Å². The van der Waals surface area contributed by atoms with Gasteiger partial charge in [-0.1, -0.05) is 31.5 Å². The smallest absolute Gasteiger partial charge is 0.332 e. The van der Waals surface area contributed by atoms with Gasteiger partial charge in [0.15, 0.2) is 0 Å². The lowest BCUT2D eigenvalue weighted by Crippen LogP contribution is -2.44. The van der Waals surface area contributed by atoms with Crippen molar-refractivity contribution in [1.82, 2.24) is 10.2 Å². The fourth-order valence-electron chi connectivity index (χ4n) is 3.03. The Morgan fingerprint density at radius 2 is 1.73 bits per heavy atom. The van der Waals surface area contributed by atoms with E-state index < -0.39 is 12.1 Å². The van der Waals surface area contributed by atoms with Gasteiger partial charge in [-0.2, -0.15) is 0 Å². The molecule has 1 aliphatic heterocycles. The molecule has 6 heteroatoms. The fourth-order valence-corrected chi connectivity index (χ4v) is 3.03. The first-order valence-electron chi connectivity index (χ1n) is 9.21. The van der Waals surface area contributed by atoms with Gasteiger partial charge in [0.1, 0.15) is 12.6 Å². The van der Waals surface area contributed by atoms with E-state index in [0.717, 1.165) is 23.3 Å². The molecule has 142 valence electrons. The number of carbonyl (C=O) groups excluding carboxylic acids is 3. The van der Waals surface area contributed by atoms with E-state index >= 15 is 0 Å². The summed E-state index contributed by atoms with van der Waals surface area (Å²) in [5.41, 5.74) is 1.74. The van der Waals surface area contributed by atoms with Gasteiger partial charge in [0.25, 0.3) is 5.91 Å². The van der Waals surface area contributed by atoms with Crippen LogP contribution < -0.4 is 10.2 Å². The predicted molar refractivity (Wildman–Crippen MR) is 102 cm³/mol. The molecule has 1 heterocycles. The zero-order valence-corrected chi connectivity index (χ0v) is 16.3. The maximum absolute atomic E-state index is 12.7. The molecule has 0 aliphatic carbocycles. The van der Waals surface area contributed by atoms with Crippen LogP contribution in [-0.2, 0) is 9.59 Å². The average Bonchev–Trinajstić information content (AvgIpc) is 2.78. The molecule has 0 unspecified atom stereocenters. The second-order valence-electron chi connectivity index (χ2n) is 7.53. The Balaban J connectivity index is 2.01. The summed E-state index contributed by atoms with van der Waals surface area (Å²) in [5, 5.41) is 2.88. The molecule has 4 amide bonds. The summed E-state index contributed by atoms with van der Waals surface area (Å²) in [6.45, 7) is 9.62. The molecular weight excluding hydrogens is 330 g/mol. The van der Waals surface area contributed by atoms with Crippen LogP contribution in [0.4, 0.5) is 10.5 Å². The highest BCUT2D eigenvalue weighted by Crippen LogP contribution is 2.25. The first kappa shape index (κ1) is 19.9. The molecule has 1 fully saturated rings. The van der Waals surface area contributed by atoms with Crippen LogP contribution in [0.2, 0.25) is 0 Å². The summed E-state index contributed by atoms with van der Waals surface area (Å²) in [6, 6.07) is 6.37. The quantitative estimate of drug-likeness (QED) is 0.761. The van der Waals surface area contributed by atoms with Gasteiger partial charge in [-0.25, -0.2) is 4.79 Å². The number of benzene rings is 1. The van der Waals surface area contributed by atoms with Crippen molar-refractivity contribution < 1.29 is 14.4 Å². The Morgan fingerprint density at radius 1 is 1.12 bits per heavy atom. The molecule has 1 aromatic rings. The lowest BCUT2D eigenvalue weighted by atomic mass is 10.0. The number of nitrogens with one attached hydrogen (secondary N) is 1. The molecule has 1 aromatic carbocycles. The molecule has 1 N–H and O–H groups in total.